The van der Waals surface area contributed by atoms with Gasteiger partial charge in [0.2, 0.25) is 6.10 Å². The third kappa shape index (κ3) is 3.55. The molecule has 2 aromatic carbocycles. The Labute approximate surface area is 148 Å². The molecular weight excluding hydrogens is 318 g/mol. The molecule has 5 heteroatoms. The SMILES string of the molecule is COc1ccc(C)cc1CN(C)C(=O)[C@H]1Oc2ccccc2O[C@H]1C. The average molecular weight is 341 g/mol. The van der Waals surface area contributed by atoms with Crippen LogP contribution in [0.5, 0.6) is 17.2 Å². The molecule has 1 aliphatic heterocycles. The Balaban J connectivity index is 1.76. The highest BCUT2D eigenvalue weighted by molar-refractivity contribution is 5.82. The number of hydrogen-bond donors (Lipinski definition) is 0. The van der Waals surface area contributed by atoms with E-state index >= 15 is 0 Å². The van der Waals surface area contributed by atoms with E-state index in [-0.39, 0.29) is 12.0 Å². The van der Waals surface area contributed by atoms with Gasteiger partial charge in [0.15, 0.2) is 11.5 Å². The monoisotopic (exact) mass is 341 g/mol. The number of nitrogens with zero attached hydrogens (tertiary/aromatic N) is 1. The molecule has 0 radical (unpaired) electrons. The molecule has 132 valence electrons. The predicted molar refractivity (Wildman–Crippen MR) is 95.2 cm³/mol. The second-order valence-corrected chi connectivity index (χ2v) is 6.32. The normalized spacial score (nSPS) is 18.6. The Morgan fingerprint density at radius 1 is 1.16 bits per heavy atom. The molecule has 0 bridgehead atoms. The number of para-hydroxylation sites is 2. The third-order valence-electron chi connectivity index (χ3n) is 4.31. The summed E-state index contributed by atoms with van der Waals surface area (Å²) in [5.74, 6) is 1.91. The van der Waals surface area contributed by atoms with Crippen LogP contribution in [0.25, 0.3) is 0 Å². The Kier molecular flexibility index (Phi) is 4.83. The van der Waals surface area contributed by atoms with E-state index in [2.05, 4.69) is 0 Å². The summed E-state index contributed by atoms with van der Waals surface area (Å²) in [4.78, 5) is 14.5. The zero-order valence-electron chi connectivity index (χ0n) is 15.0. The maximum Gasteiger partial charge on any atom is 0.267 e. The number of benzene rings is 2. The zero-order valence-corrected chi connectivity index (χ0v) is 15.0. The van der Waals surface area contributed by atoms with E-state index < -0.39 is 6.10 Å². The van der Waals surface area contributed by atoms with Crippen LogP contribution in [0.4, 0.5) is 0 Å². The molecule has 0 aromatic heterocycles. The van der Waals surface area contributed by atoms with Crippen molar-refractivity contribution >= 4 is 5.91 Å². The van der Waals surface area contributed by atoms with Crippen molar-refractivity contribution in [2.45, 2.75) is 32.6 Å². The van der Waals surface area contributed by atoms with Gasteiger partial charge in [0, 0.05) is 19.2 Å². The maximum atomic E-state index is 12.9. The van der Waals surface area contributed by atoms with Crippen LogP contribution in [-0.4, -0.2) is 37.2 Å². The predicted octanol–water partition coefficient (Wildman–Crippen LogP) is 3.19. The number of ether oxygens (including phenoxy) is 3. The van der Waals surface area contributed by atoms with Crippen molar-refractivity contribution in [2.75, 3.05) is 14.2 Å². The number of aryl methyl sites for hydroxylation is 1. The first kappa shape index (κ1) is 17.1. The van der Waals surface area contributed by atoms with Gasteiger partial charge in [0.25, 0.3) is 5.91 Å². The minimum absolute atomic E-state index is 0.120. The van der Waals surface area contributed by atoms with Crippen LogP contribution in [0.3, 0.4) is 0 Å². The quantitative estimate of drug-likeness (QED) is 0.857. The number of carbonyl (C=O) groups excluding carboxylic acids is 1. The van der Waals surface area contributed by atoms with Crippen LogP contribution >= 0.6 is 0 Å². The lowest BCUT2D eigenvalue weighted by molar-refractivity contribution is -0.143. The highest BCUT2D eigenvalue weighted by Gasteiger charge is 2.35. The van der Waals surface area contributed by atoms with Crippen LogP contribution in [0.2, 0.25) is 0 Å². The molecule has 1 aliphatic rings. The molecule has 0 unspecified atom stereocenters. The van der Waals surface area contributed by atoms with Crippen molar-refractivity contribution in [1.82, 2.24) is 4.90 Å². The third-order valence-corrected chi connectivity index (χ3v) is 4.31. The molecule has 1 heterocycles. The number of carbonyl (C=O) groups is 1. The van der Waals surface area contributed by atoms with Crippen molar-refractivity contribution in [2.24, 2.45) is 0 Å². The molecule has 1 amide bonds. The molecule has 0 N–H and O–H groups in total. The van der Waals surface area contributed by atoms with E-state index in [1.165, 1.54) is 0 Å². The highest BCUT2D eigenvalue weighted by atomic mass is 16.6. The molecule has 2 atom stereocenters. The maximum absolute atomic E-state index is 12.9. The van der Waals surface area contributed by atoms with Crippen molar-refractivity contribution in [3.05, 3.63) is 53.6 Å². The van der Waals surface area contributed by atoms with Crippen molar-refractivity contribution < 1.29 is 19.0 Å². The van der Waals surface area contributed by atoms with Crippen molar-refractivity contribution in [3.8, 4) is 17.2 Å². The van der Waals surface area contributed by atoms with E-state index in [4.69, 9.17) is 14.2 Å². The first-order valence-electron chi connectivity index (χ1n) is 8.30. The fourth-order valence-corrected chi connectivity index (χ4v) is 2.97. The Hall–Kier alpha value is -2.69. The number of likely N-dealkylation sites (N-methyl/N-ethyl adjacent to an activating group) is 1. The summed E-state index contributed by atoms with van der Waals surface area (Å²) in [6, 6.07) is 13.3. The van der Waals surface area contributed by atoms with Crippen molar-refractivity contribution in [1.29, 1.82) is 0 Å². The van der Waals surface area contributed by atoms with Crippen molar-refractivity contribution in [3.63, 3.8) is 0 Å². The summed E-state index contributed by atoms with van der Waals surface area (Å²) >= 11 is 0. The second-order valence-electron chi connectivity index (χ2n) is 6.32. The summed E-state index contributed by atoms with van der Waals surface area (Å²) in [6.45, 7) is 4.30. The van der Waals surface area contributed by atoms with Crippen LogP contribution in [0, 0.1) is 6.92 Å². The number of hydrogen-bond acceptors (Lipinski definition) is 4. The van der Waals surface area contributed by atoms with Gasteiger partial charge in [-0.15, -0.1) is 0 Å². The lowest BCUT2D eigenvalue weighted by Crippen LogP contribution is -2.49. The number of methoxy groups -OCH3 is 1. The van der Waals surface area contributed by atoms with Gasteiger partial charge in [-0.05, 0) is 32.0 Å². The lowest BCUT2D eigenvalue weighted by atomic mass is 10.1. The largest absolute Gasteiger partial charge is 0.496 e. The van der Waals surface area contributed by atoms with Gasteiger partial charge in [0.05, 0.1) is 7.11 Å². The zero-order chi connectivity index (χ0) is 18.0. The summed E-state index contributed by atoms with van der Waals surface area (Å²) < 4.78 is 17.1. The van der Waals surface area contributed by atoms with Gasteiger partial charge in [-0.1, -0.05) is 29.8 Å². The summed E-state index contributed by atoms with van der Waals surface area (Å²) in [7, 11) is 3.40. The molecule has 2 aromatic rings. The van der Waals surface area contributed by atoms with E-state index in [1.54, 1.807) is 19.1 Å². The smallest absolute Gasteiger partial charge is 0.267 e. The number of fused-ring (bicyclic) bond motifs is 1. The van der Waals surface area contributed by atoms with E-state index in [0.29, 0.717) is 18.0 Å². The first-order chi connectivity index (χ1) is 12.0. The molecule has 25 heavy (non-hydrogen) atoms. The lowest BCUT2D eigenvalue weighted by Gasteiger charge is -2.33. The fraction of sp³-hybridized carbons (Fsp3) is 0.350. The summed E-state index contributed by atoms with van der Waals surface area (Å²) in [5.41, 5.74) is 2.08. The summed E-state index contributed by atoms with van der Waals surface area (Å²) in [6.07, 6.45) is -1.03. The molecule has 5 nitrogen and oxygen atoms in total. The van der Waals surface area contributed by atoms with Gasteiger partial charge in [0.1, 0.15) is 11.9 Å². The molecule has 0 spiro atoms. The summed E-state index contributed by atoms with van der Waals surface area (Å²) in [5, 5.41) is 0. The van der Waals surface area contributed by atoms with E-state index in [0.717, 1.165) is 16.9 Å². The van der Waals surface area contributed by atoms with Gasteiger partial charge in [-0.25, -0.2) is 0 Å². The molecule has 0 saturated carbocycles. The van der Waals surface area contributed by atoms with Crippen LogP contribution in [0.15, 0.2) is 42.5 Å². The Morgan fingerprint density at radius 2 is 1.84 bits per heavy atom. The number of rotatable bonds is 4. The van der Waals surface area contributed by atoms with E-state index in [9.17, 15) is 4.79 Å². The minimum atomic E-state index is -0.671. The van der Waals surface area contributed by atoms with Crippen LogP contribution < -0.4 is 14.2 Å². The minimum Gasteiger partial charge on any atom is -0.496 e. The van der Waals surface area contributed by atoms with Gasteiger partial charge >= 0.3 is 0 Å². The van der Waals surface area contributed by atoms with Gasteiger partial charge in [-0.2, -0.15) is 0 Å². The van der Waals surface area contributed by atoms with E-state index in [1.807, 2.05) is 56.3 Å². The molecular formula is C20H23NO4. The highest BCUT2D eigenvalue weighted by Crippen LogP contribution is 2.34. The molecule has 0 saturated heterocycles. The van der Waals surface area contributed by atoms with Gasteiger partial charge in [-0.3, -0.25) is 4.79 Å². The van der Waals surface area contributed by atoms with Crippen LogP contribution in [0.1, 0.15) is 18.1 Å². The number of amides is 1. The Morgan fingerprint density at radius 3 is 2.52 bits per heavy atom. The van der Waals surface area contributed by atoms with Gasteiger partial charge < -0.3 is 19.1 Å². The Bertz CT molecular complexity index is 774. The molecule has 0 fully saturated rings. The standard InChI is InChI=1S/C20H23NO4/c1-13-9-10-16(23-4)15(11-13)12-21(3)20(22)19-14(2)24-17-7-5-6-8-18(17)25-19/h5-11,14,19H,12H2,1-4H3/t14-,19-/m0/s1. The first-order valence-corrected chi connectivity index (χ1v) is 8.30. The fourth-order valence-electron chi connectivity index (χ4n) is 2.97. The topological polar surface area (TPSA) is 48.0 Å². The molecule has 3 rings (SSSR count). The van der Waals surface area contributed by atoms with Crippen LogP contribution in [-0.2, 0) is 11.3 Å². The second kappa shape index (κ2) is 7.05. The molecule has 0 aliphatic carbocycles. The average Bonchev–Trinajstić information content (AvgIpc) is 2.60.